The highest BCUT2D eigenvalue weighted by atomic mass is 35.5. The summed E-state index contributed by atoms with van der Waals surface area (Å²) in [5.41, 5.74) is 1.42. The molecule has 0 spiro atoms. The number of halogens is 1. The average molecular weight is 493 g/mol. The van der Waals surface area contributed by atoms with E-state index in [2.05, 4.69) is 5.32 Å². The molecule has 1 fully saturated rings. The zero-order valence-electron chi connectivity index (χ0n) is 18.9. The van der Waals surface area contributed by atoms with Gasteiger partial charge in [-0.2, -0.15) is 0 Å². The molecular formula is C26H21ClN2O6. The molecular weight excluding hydrogens is 472 g/mol. The van der Waals surface area contributed by atoms with Crippen molar-refractivity contribution in [3.05, 3.63) is 88.5 Å². The highest BCUT2D eigenvalue weighted by molar-refractivity contribution is 6.39. The first kappa shape index (κ1) is 23.8. The minimum absolute atomic E-state index is 0.202. The summed E-state index contributed by atoms with van der Waals surface area (Å²) in [7, 11) is 2.99. The highest BCUT2D eigenvalue weighted by Crippen LogP contribution is 2.31. The summed E-state index contributed by atoms with van der Waals surface area (Å²) in [6, 6.07) is 17.8. The first-order valence-corrected chi connectivity index (χ1v) is 10.9. The van der Waals surface area contributed by atoms with E-state index in [-0.39, 0.29) is 12.2 Å². The number of methoxy groups -OCH3 is 2. The van der Waals surface area contributed by atoms with Crippen LogP contribution in [0.4, 0.5) is 10.5 Å². The normalized spacial score (nSPS) is 14.7. The maximum Gasteiger partial charge on any atom is 0.335 e. The number of benzene rings is 3. The number of hydrogen-bond donors (Lipinski definition) is 1. The number of urea groups is 1. The Balaban J connectivity index is 1.59. The van der Waals surface area contributed by atoms with E-state index >= 15 is 0 Å². The first-order chi connectivity index (χ1) is 16.9. The minimum Gasteiger partial charge on any atom is -0.497 e. The molecule has 4 rings (SSSR count). The van der Waals surface area contributed by atoms with Crippen molar-refractivity contribution in [1.29, 1.82) is 0 Å². The van der Waals surface area contributed by atoms with Gasteiger partial charge in [0.1, 0.15) is 17.9 Å². The number of rotatable bonds is 7. The molecule has 0 aromatic heterocycles. The Kier molecular flexibility index (Phi) is 7.03. The lowest BCUT2D eigenvalue weighted by atomic mass is 10.1. The molecule has 0 aliphatic carbocycles. The molecule has 1 heterocycles. The number of carbonyl (C=O) groups excluding carboxylic acids is 3. The summed E-state index contributed by atoms with van der Waals surface area (Å²) in [5.74, 6) is -0.110. The van der Waals surface area contributed by atoms with E-state index in [9.17, 15) is 14.4 Å². The lowest BCUT2D eigenvalue weighted by molar-refractivity contribution is -0.122. The van der Waals surface area contributed by atoms with E-state index in [1.54, 1.807) is 48.5 Å². The number of nitrogens with one attached hydrogen (secondary N) is 1. The molecule has 1 aliphatic heterocycles. The van der Waals surface area contributed by atoms with Crippen LogP contribution in [0.5, 0.6) is 17.2 Å². The maximum atomic E-state index is 13.1. The fraction of sp³-hybridized carbons (Fsp3) is 0.115. The molecule has 9 heteroatoms. The molecule has 1 saturated heterocycles. The van der Waals surface area contributed by atoms with Crippen molar-refractivity contribution in [2.45, 2.75) is 6.61 Å². The highest BCUT2D eigenvalue weighted by Gasteiger charge is 2.36. The summed E-state index contributed by atoms with van der Waals surface area (Å²) in [5, 5.41) is 2.79. The van der Waals surface area contributed by atoms with Crippen LogP contribution >= 0.6 is 11.6 Å². The van der Waals surface area contributed by atoms with Crippen LogP contribution in [0.15, 0.2) is 72.3 Å². The average Bonchev–Trinajstić information content (AvgIpc) is 2.86. The molecule has 8 nitrogen and oxygen atoms in total. The van der Waals surface area contributed by atoms with Crippen molar-refractivity contribution in [1.82, 2.24) is 5.32 Å². The second-order valence-corrected chi connectivity index (χ2v) is 7.85. The van der Waals surface area contributed by atoms with Crippen LogP contribution in [0.1, 0.15) is 11.1 Å². The lowest BCUT2D eigenvalue weighted by Crippen LogP contribution is -2.54. The van der Waals surface area contributed by atoms with Crippen molar-refractivity contribution < 1.29 is 28.6 Å². The molecule has 4 amide bonds. The van der Waals surface area contributed by atoms with E-state index in [4.69, 9.17) is 25.8 Å². The largest absolute Gasteiger partial charge is 0.497 e. The van der Waals surface area contributed by atoms with Gasteiger partial charge < -0.3 is 14.2 Å². The predicted molar refractivity (Wildman–Crippen MR) is 131 cm³/mol. The van der Waals surface area contributed by atoms with Gasteiger partial charge in [-0.15, -0.1) is 0 Å². The van der Waals surface area contributed by atoms with Crippen LogP contribution < -0.4 is 24.4 Å². The quantitative estimate of drug-likeness (QED) is 0.382. The Morgan fingerprint density at radius 3 is 2.34 bits per heavy atom. The van der Waals surface area contributed by atoms with Crippen LogP contribution in [0.25, 0.3) is 6.08 Å². The fourth-order valence-corrected chi connectivity index (χ4v) is 3.64. The number of hydrogen-bond acceptors (Lipinski definition) is 6. The maximum absolute atomic E-state index is 13.1. The van der Waals surface area contributed by atoms with Crippen LogP contribution in [0.2, 0.25) is 5.02 Å². The molecule has 3 aromatic carbocycles. The van der Waals surface area contributed by atoms with Gasteiger partial charge >= 0.3 is 6.03 Å². The molecule has 0 bridgehead atoms. The third kappa shape index (κ3) is 5.12. The Morgan fingerprint density at radius 1 is 0.914 bits per heavy atom. The number of carbonyl (C=O) groups is 3. The molecule has 0 saturated carbocycles. The number of anilines is 1. The molecule has 1 N–H and O–H groups in total. The smallest absolute Gasteiger partial charge is 0.335 e. The van der Waals surface area contributed by atoms with Crippen LogP contribution in [-0.2, 0) is 16.2 Å². The SMILES string of the molecule is COc1ccc(N2C(=O)NC(=O)C(=Cc3ccc(OCc4ccccc4Cl)c(OC)c3)C2=O)cc1. The second-order valence-electron chi connectivity index (χ2n) is 7.45. The zero-order chi connectivity index (χ0) is 24.9. The fourth-order valence-electron chi connectivity index (χ4n) is 3.45. The summed E-state index contributed by atoms with van der Waals surface area (Å²) < 4.78 is 16.4. The number of imide groups is 2. The molecule has 35 heavy (non-hydrogen) atoms. The summed E-state index contributed by atoms with van der Waals surface area (Å²) in [6.45, 7) is 0.232. The van der Waals surface area contributed by atoms with E-state index < -0.39 is 17.8 Å². The number of barbiturate groups is 1. The van der Waals surface area contributed by atoms with Crippen molar-refractivity contribution in [3.8, 4) is 17.2 Å². The van der Waals surface area contributed by atoms with Crippen molar-refractivity contribution >= 4 is 41.2 Å². The van der Waals surface area contributed by atoms with Crippen LogP contribution in [0, 0.1) is 0 Å². The summed E-state index contributed by atoms with van der Waals surface area (Å²) in [4.78, 5) is 38.9. The molecule has 1 aliphatic rings. The lowest BCUT2D eigenvalue weighted by Gasteiger charge is -2.26. The number of ether oxygens (including phenoxy) is 3. The van der Waals surface area contributed by atoms with E-state index in [0.717, 1.165) is 10.5 Å². The molecule has 0 unspecified atom stereocenters. The Labute approximate surface area is 206 Å². The van der Waals surface area contributed by atoms with Gasteiger partial charge in [0, 0.05) is 10.6 Å². The van der Waals surface area contributed by atoms with Crippen molar-refractivity contribution in [3.63, 3.8) is 0 Å². The standard InChI is InChI=1S/C26H21ClN2O6/c1-33-19-10-8-18(9-11-19)29-25(31)20(24(30)28-26(29)32)13-16-7-12-22(23(14-16)34-2)35-15-17-5-3-4-6-21(17)27/h3-14H,15H2,1-2H3,(H,28,30,32). The molecule has 0 atom stereocenters. The van der Waals surface area contributed by atoms with Gasteiger partial charge in [0.2, 0.25) is 0 Å². The van der Waals surface area contributed by atoms with Crippen molar-refractivity contribution in [2.75, 3.05) is 19.1 Å². The van der Waals surface area contributed by atoms with Gasteiger partial charge in [0.15, 0.2) is 11.5 Å². The van der Waals surface area contributed by atoms with Gasteiger partial charge in [-0.05, 0) is 54.1 Å². The molecule has 3 aromatic rings. The number of nitrogens with zero attached hydrogens (tertiary/aromatic N) is 1. The summed E-state index contributed by atoms with van der Waals surface area (Å²) in [6.07, 6.45) is 1.39. The monoisotopic (exact) mass is 492 g/mol. The van der Waals surface area contributed by atoms with Gasteiger partial charge in [0.05, 0.1) is 19.9 Å². The number of amides is 4. The Hall–Kier alpha value is -4.30. The van der Waals surface area contributed by atoms with Gasteiger partial charge in [-0.25, -0.2) is 9.69 Å². The van der Waals surface area contributed by atoms with Gasteiger partial charge in [-0.3, -0.25) is 14.9 Å². The van der Waals surface area contributed by atoms with Crippen LogP contribution in [0.3, 0.4) is 0 Å². The first-order valence-electron chi connectivity index (χ1n) is 10.5. The third-order valence-electron chi connectivity index (χ3n) is 5.27. The Morgan fingerprint density at radius 2 is 1.66 bits per heavy atom. The van der Waals surface area contributed by atoms with E-state index in [1.807, 2.05) is 18.2 Å². The second kappa shape index (κ2) is 10.3. The van der Waals surface area contributed by atoms with Crippen LogP contribution in [-0.4, -0.2) is 32.1 Å². The predicted octanol–water partition coefficient (Wildman–Crippen LogP) is 4.60. The molecule has 0 radical (unpaired) electrons. The van der Waals surface area contributed by atoms with E-state index in [0.29, 0.717) is 33.5 Å². The zero-order valence-corrected chi connectivity index (χ0v) is 19.7. The minimum atomic E-state index is -0.830. The third-order valence-corrected chi connectivity index (χ3v) is 5.64. The van der Waals surface area contributed by atoms with E-state index in [1.165, 1.54) is 20.3 Å². The Bertz CT molecular complexity index is 1320. The van der Waals surface area contributed by atoms with Gasteiger partial charge in [0.25, 0.3) is 11.8 Å². The summed E-state index contributed by atoms with van der Waals surface area (Å²) >= 11 is 6.18. The molecule has 178 valence electrons. The van der Waals surface area contributed by atoms with Crippen molar-refractivity contribution in [2.24, 2.45) is 0 Å². The topological polar surface area (TPSA) is 94.2 Å². The van der Waals surface area contributed by atoms with Gasteiger partial charge in [-0.1, -0.05) is 35.9 Å².